The van der Waals surface area contributed by atoms with Crippen LogP contribution in [-0.4, -0.2) is 28.6 Å². The van der Waals surface area contributed by atoms with Gasteiger partial charge in [-0.1, -0.05) is 0 Å². The predicted molar refractivity (Wildman–Crippen MR) is 51.4 cm³/mol. The number of esters is 1. The molecule has 0 saturated carbocycles. The average molecular weight is 206 g/mol. The van der Waals surface area contributed by atoms with Gasteiger partial charge in [-0.3, -0.25) is 4.79 Å². The zero-order valence-corrected chi connectivity index (χ0v) is 9.10. The summed E-state index contributed by atoms with van der Waals surface area (Å²) in [5.41, 5.74) is -0.419. The van der Waals surface area contributed by atoms with Crippen LogP contribution in [0.1, 0.15) is 33.6 Å². The van der Waals surface area contributed by atoms with Gasteiger partial charge in [0.05, 0.1) is 0 Å². The van der Waals surface area contributed by atoms with Crippen LogP contribution in [0.5, 0.6) is 0 Å². The number of carbonyl (C=O) groups excluding carboxylic acids is 1. The third kappa shape index (κ3) is 3.16. The van der Waals surface area contributed by atoms with E-state index in [1.165, 1.54) is 4.42 Å². The van der Waals surface area contributed by atoms with Gasteiger partial charge in [-0.2, -0.15) is 0 Å². The molecule has 0 aromatic carbocycles. The van der Waals surface area contributed by atoms with E-state index in [1.807, 2.05) is 20.8 Å². The summed E-state index contributed by atoms with van der Waals surface area (Å²) in [6.07, 6.45) is 1.77. The van der Waals surface area contributed by atoms with E-state index < -0.39 is 5.60 Å². The Morgan fingerprint density at radius 3 is 2.54 bits per heavy atom. The molecular weight excluding hydrogens is 190 g/mol. The van der Waals surface area contributed by atoms with Crippen molar-refractivity contribution in [3.8, 4) is 0 Å². The molecule has 0 amide bonds. The Morgan fingerprint density at radius 2 is 2.15 bits per heavy atom. The molecule has 1 aliphatic heterocycles. The molecule has 0 radical (unpaired) electrons. The molecule has 0 N–H and O–H groups in total. The van der Waals surface area contributed by atoms with Crippen molar-refractivity contribution in [2.75, 3.05) is 6.54 Å². The van der Waals surface area contributed by atoms with Crippen molar-refractivity contribution in [2.24, 2.45) is 0 Å². The Bertz CT molecular complexity index is 200. The lowest BCUT2D eigenvalue weighted by Gasteiger charge is -2.23. The Balaban J connectivity index is 2.48. The number of nitrogens with zero attached hydrogens (tertiary/aromatic N) is 1. The lowest BCUT2D eigenvalue weighted by atomic mass is 10.2. The molecule has 1 fully saturated rings. The smallest absolute Gasteiger partial charge is 0.325 e. The fourth-order valence-corrected chi connectivity index (χ4v) is 1.63. The second kappa shape index (κ2) is 3.84. The summed E-state index contributed by atoms with van der Waals surface area (Å²) in [6, 6.07) is -0.249. The van der Waals surface area contributed by atoms with Crippen molar-refractivity contribution >= 4 is 17.7 Å². The zero-order valence-electron chi connectivity index (χ0n) is 8.34. The molecule has 1 saturated heterocycles. The minimum atomic E-state index is -0.419. The third-order valence-electron chi connectivity index (χ3n) is 1.87. The Hall–Kier alpha value is -0.280. The molecule has 1 rings (SSSR count). The summed E-state index contributed by atoms with van der Waals surface area (Å²) in [4.78, 5) is 11.5. The Morgan fingerprint density at radius 1 is 1.54 bits per heavy atom. The highest BCUT2D eigenvalue weighted by atomic mass is 35.5. The van der Waals surface area contributed by atoms with Crippen molar-refractivity contribution in [2.45, 2.75) is 45.3 Å². The first-order valence-corrected chi connectivity index (χ1v) is 4.89. The highest BCUT2D eigenvalue weighted by Crippen LogP contribution is 2.22. The van der Waals surface area contributed by atoms with Crippen LogP contribution in [0.15, 0.2) is 0 Å². The second-order valence-electron chi connectivity index (χ2n) is 4.31. The fraction of sp³-hybridized carbons (Fsp3) is 0.889. The van der Waals surface area contributed by atoms with Gasteiger partial charge in [0.25, 0.3) is 0 Å². The van der Waals surface area contributed by atoms with E-state index >= 15 is 0 Å². The maximum absolute atomic E-state index is 11.5. The summed E-state index contributed by atoms with van der Waals surface area (Å²) >= 11 is 5.83. The van der Waals surface area contributed by atoms with E-state index in [0.29, 0.717) is 0 Å². The summed E-state index contributed by atoms with van der Waals surface area (Å²) in [5.74, 6) is -0.208. The van der Waals surface area contributed by atoms with Gasteiger partial charge < -0.3 is 4.74 Å². The van der Waals surface area contributed by atoms with Crippen LogP contribution in [0, 0.1) is 0 Å². The summed E-state index contributed by atoms with van der Waals surface area (Å²) < 4.78 is 6.76. The van der Waals surface area contributed by atoms with Crippen molar-refractivity contribution in [1.82, 2.24) is 4.42 Å². The molecule has 0 bridgehead atoms. The quantitative estimate of drug-likeness (QED) is 0.484. The summed E-state index contributed by atoms with van der Waals surface area (Å²) in [6.45, 7) is 6.35. The van der Waals surface area contributed by atoms with Crippen molar-refractivity contribution in [3.05, 3.63) is 0 Å². The summed E-state index contributed by atoms with van der Waals surface area (Å²) in [7, 11) is 0. The number of hydrogen-bond acceptors (Lipinski definition) is 3. The molecule has 4 heteroatoms. The van der Waals surface area contributed by atoms with Crippen molar-refractivity contribution in [1.29, 1.82) is 0 Å². The first-order valence-electron chi connectivity index (χ1n) is 4.55. The van der Waals surface area contributed by atoms with Gasteiger partial charge in [0, 0.05) is 6.54 Å². The lowest BCUT2D eigenvalue weighted by Crippen LogP contribution is -2.36. The second-order valence-corrected chi connectivity index (χ2v) is 4.75. The molecule has 1 aliphatic rings. The van der Waals surface area contributed by atoms with Crippen molar-refractivity contribution in [3.63, 3.8) is 0 Å². The maximum atomic E-state index is 11.5. The minimum Gasteiger partial charge on any atom is -0.459 e. The molecule has 13 heavy (non-hydrogen) atoms. The molecule has 0 aromatic heterocycles. The van der Waals surface area contributed by atoms with Crippen LogP contribution in [0.2, 0.25) is 0 Å². The topological polar surface area (TPSA) is 29.5 Å². The maximum Gasteiger partial charge on any atom is 0.325 e. The number of halogens is 1. The normalized spacial score (nSPS) is 24.8. The largest absolute Gasteiger partial charge is 0.459 e. The van der Waals surface area contributed by atoms with Crippen LogP contribution in [0.4, 0.5) is 0 Å². The summed E-state index contributed by atoms with van der Waals surface area (Å²) in [5, 5.41) is 0. The highest BCUT2D eigenvalue weighted by Gasteiger charge is 2.33. The molecule has 76 valence electrons. The van der Waals surface area contributed by atoms with Crippen LogP contribution in [0.3, 0.4) is 0 Å². The van der Waals surface area contributed by atoms with E-state index in [-0.39, 0.29) is 12.0 Å². The molecule has 0 aliphatic carbocycles. The number of ether oxygens (including phenoxy) is 1. The first-order chi connectivity index (χ1) is 5.90. The van der Waals surface area contributed by atoms with Crippen LogP contribution in [0.25, 0.3) is 0 Å². The predicted octanol–water partition coefficient (Wildman–Crippen LogP) is 1.95. The van der Waals surface area contributed by atoms with Crippen molar-refractivity contribution < 1.29 is 9.53 Å². The molecule has 1 atom stereocenters. The van der Waals surface area contributed by atoms with E-state index in [1.54, 1.807) is 0 Å². The van der Waals surface area contributed by atoms with Gasteiger partial charge in [-0.05, 0) is 45.4 Å². The van der Waals surface area contributed by atoms with Gasteiger partial charge in [0.2, 0.25) is 0 Å². The van der Waals surface area contributed by atoms with Gasteiger partial charge in [0.15, 0.2) is 0 Å². The van der Waals surface area contributed by atoms with E-state index in [4.69, 9.17) is 16.5 Å². The first kappa shape index (κ1) is 10.8. The third-order valence-corrected chi connectivity index (χ3v) is 2.27. The van der Waals surface area contributed by atoms with Crippen LogP contribution >= 0.6 is 11.8 Å². The Labute approximate surface area is 84.1 Å². The van der Waals surface area contributed by atoms with Crippen LogP contribution < -0.4 is 0 Å². The number of carbonyl (C=O) groups is 1. The molecule has 3 nitrogen and oxygen atoms in total. The molecule has 0 spiro atoms. The SMILES string of the molecule is CC(C)(C)OC(=O)[C@H]1CCCN1Cl. The van der Waals surface area contributed by atoms with Gasteiger partial charge >= 0.3 is 5.97 Å². The van der Waals surface area contributed by atoms with E-state index in [2.05, 4.69) is 0 Å². The number of rotatable bonds is 1. The van der Waals surface area contributed by atoms with Gasteiger partial charge in [-0.15, -0.1) is 0 Å². The average Bonchev–Trinajstić information content (AvgIpc) is 2.30. The van der Waals surface area contributed by atoms with Gasteiger partial charge in [-0.25, -0.2) is 4.42 Å². The zero-order chi connectivity index (χ0) is 10.1. The molecule has 0 unspecified atom stereocenters. The van der Waals surface area contributed by atoms with Crippen LogP contribution in [-0.2, 0) is 9.53 Å². The van der Waals surface area contributed by atoms with Gasteiger partial charge in [0.1, 0.15) is 11.6 Å². The fourth-order valence-electron chi connectivity index (χ4n) is 1.33. The number of hydrogen-bond donors (Lipinski definition) is 0. The molecular formula is C9H16ClNO2. The molecule has 1 heterocycles. The Kier molecular flexibility index (Phi) is 3.19. The van der Waals surface area contributed by atoms with E-state index in [9.17, 15) is 4.79 Å². The lowest BCUT2D eigenvalue weighted by molar-refractivity contribution is -0.158. The van der Waals surface area contributed by atoms with E-state index in [0.717, 1.165) is 19.4 Å². The minimum absolute atomic E-state index is 0.208. The highest BCUT2D eigenvalue weighted by molar-refractivity contribution is 6.15. The standard InChI is InChI=1S/C9H16ClNO2/c1-9(2,3)13-8(12)7-5-4-6-11(7)10/h7H,4-6H2,1-3H3/t7-/m1/s1. The monoisotopic (exact) mass is 205 g/mol. The molecule has 0 aromatic rings.